The van der Waals surface area contributed by atoms with Crippen molar-refractivity contribution in [3.05, 3.63) is 93.5 Å². The molecule has 5 rings (SSSR count). The zero-order valence-corrected chi connectivity index (χ0v) is 23.1. The Balaban J connectivity index is 1.34. The predicted molar refractivity (Wildman–Crippen MR) is 155 cm³/mol. The summed E-state index contributed by atoms with van der Waals surface area (Å²) in [6.07, 6.45) is 2.13. The van der Waals surface area contributed by atoms with Crippen molar-refractivity contribution >= 4 is 40.5 Å². The minimum atomic E-state index is -1.08. The molecule has 0 spiro atoms. The molecule has 8 heteroatoms. The SMILES string of the molecule is C[C@@](O)(CN1CCN(c2ccc(N)cc2Cl)[C@H](c2ccc(Cl)cc2)C1)c1ccc(C(=O)N2CCCC2)cc1. The normalized spacial score (nSPS) is 19.9. The van der Waals surface area contributed by atoms with Crippen LogP contribution in [0.2, 0.25) is 10.0 Å². The van der Waals surface area contributed by atoms with Gasteiger partial charge in [-0.3, -0.25) is 9.69 Å². The maximum absolute atomic E-state index is 12.7. The number of likely N-dealkylation sites (tertiary alicyclic amines) is 1. The number of anilines is 2. The number of hydrogen-bond acceptors (Lipinski definition) is 5. The van der Waals surface area contributed by atoms with Crippen molar-refractivity contribution in [3.8, 4) is 0 Å². The Labute approximate surface area is 234 Å². The molecule has 0 aromatic heterocycles. The molecular formula is C30H34Cl2N4O2. The number of nitrogens with zero attached hydrogens (tertiary/aromatic N) is 3. The van der Waals surface area contributed by atoms with E-state index in [9.17, 15) is 9.90 Å². The largest absolute Gasteiger partial charge is 0.399 e. The van der Waals surface area contributed by atoms with E-state index in [1.54, 1.807) is 6.07 Å². The summed E-state index contributed by atoms with van der Waals surface area (Å²) in [4.78, 5) is 19.2. The molecule has 200 valence electrons. The lowest BCUT2D eigenvalue weighted by atomic mass is 9.93. The summed E-state index contributed by atoms with van der Waals surface area (Å²) in [7, 11) is 0. The summed E-state index contributed by atoms with van der Waals surface area (Å²) in [5, 5.41) is 12.8. The predicted octanol–water partition coefficient (Wildman–Crippen LogP) is 5.58. The van der Waals surface area contributed by atoms with Crippen LogP contribution in [0.3, 0.4) is 0 Å². The molecule has 0 unspecified atom stereocenters. The molecular weight excluding hydrogens is 519 g/mol. The van der Waals surface area contributed by atoms with Crippen molar-refractivity contribution in [2.24, 2.45) is 0 Å². The van der Waals surface area contributed by atoms with E-state index in [1.807, 2.05) is 72.5 Å². The lowest BCUT2D eigenvalue weighted by Gasteiger charge is -2.45. The van der Waals surface area contributed by atoms with Gasteiger partial charge in [-0.15, -0.1) is 0 Å². The molecule has 2 aliphatic rings. The first-order chi connectivity index (χ1) is 18.2. The van der Waals surface area contributed by atoms with E-state index in [4.69, 9.17) is 28.9 Å². The zero-order valence-electron chi connectivity index (χ0n) is 21.6. The van der Waals surface area contributed by atoms with Crippen LogP contribution >= 0.6 is 23.2 Å². The van der Waals surface area contributed by atoms with Crippen LogP contribution in [0, 0.1) is 0 Å². The molecule has 0 bridgehead atoms. The van der Waals surface area contributed by atoms with Gasteiger partial charge in [-0.2, -0.15) is 0 Å². The second-order valence-electron chi connectivity index (χ2n) is 10.6. The van der Waals surface area contributed by atoms with E-state index in [0.717, 1.165) is 55.8 Å². The van der Waals surface area contributed by atoms with Crippen LogP contribution in [0.1, 0.15) is 47.3 Å². The number of halogens is 2. The lowest BCUT2D eigenvalue weighted by Crippen LogP contribution is -2.52. The first kappa shape index (κ1) is 26.8. The van der Waals surface area contributed by atoms with E-state index in [2.05, 4.69) is 9.80 Å². The fourth-order valence-corrected chi connectivity index (χ4v) is 6.02. The van der Waals surface area contributed by atoms with E-state index in [1.165, 1.54) is 0 Å². The average molecular weight is 554 g/mol. The topological polar surface area (TPSA) is 73.0 Å². The zero-order chi connectivity index (χ0) is 26.9. The van der Waals surface area contributed by atoms with Gasteiger partial charge in [0.2, 0.25) is 0 Å². The molecule has 0 aliphatic carbocycles. The molecule has 2 fully saturated rings. The summed E-state index contributed by atoms with van der Waals surface area (Å²) in [6, 6.07) is 21.0. The number of amides is 1. The molecule has 2 saturated heterocycles. The van der Waals surface area contributed by atoms with Gasteiger partial charge < -0.3 is 20.6 Å². The Morgan fingerprint density at radius 1 is 0.974 bits per heavy atom. The summed E-state index contributed by atoms with van der Waals surface area (Å²) >= 11 is 12.8. The van der Waals surface area contributed by atoms with Crippen molar-refractivity contribution in [2.75, 3.05) is 49.9 Å². The van der Waals surface area contributed by atoms with Crippen molar-refractivity contribution < 1.29 is 9.90 Å². The molecule has 2 atom stereocenters. The molecule has 38 heavy (non-hydrogen) atoms. The average Bonchev–Trinajstić information content (AvgIpc) is 3.44. The Kier molecular flexibility index (Phi) is 7.87. The summed E-state index contributed by atoms with van der Waals surface area (Å²) in [5.74, 6) is 0.0666. The third-order valence-corrected chi connectivity index (χ3v) is 8.23. The van der Waals surface area contributed by atoms with Gasteiger partial charge in [-0.05, 0) is 73.4 Å². The van der Waals surface area contributed by atoms with Crippen LogP contribution in [0.4, 0.5) is 11.4 Å². The number of hydrogen-bond donors (Lipinski definition) is 2. The highest BCUT2D eigenvalue weighted by Gasteiger charge is 2.34. The van der Waals surface area contributed by atoms with Gasteiger partial charge in [-0.1, -0.05) is 47.5 Å². The number of nitrogens with two attached hydrogens (primary N) is 1. The number of rotatable bonds is 6. The number of carbonyl (C=O) groups is 1. The van der Waals surface area contributed by atoms with Gasteiger partial charge in [0, 0.05) is 55.5 Å². The van der Waals surface area contributed by atoms with Crippen LogP contribution in [0.25, 0.3) is 0 Å². The summed E-state index contributed by atoms with van der Waals surface area (Å²) in [5.41, 5.74) is 9.02. The Morgan fingerprint density at radius 2 is 1.66 bits per heavy atom. The van der Waals surface area contributed by atoms with Gasteiger partial charge in [0.25, 0.3) is 5.91 Å². The fraction of sp³-hybridized carbons (Fsp3) is 0.367. The van der Waals surface area contributed by atoms with Crippen molar-refractivity contribution in [1.82, 2.24) is 9.80 Å². The number of benzene rings is 3. The van der Waals surface area contributed by atoms with Crippen molar-refractivity contribution in [2.45, 2.75) is 31.4 Å². The Bertz CT molecular complexity index is 1270. The Hall–Kier alpha value is -2.77. The van der Waals surface area contributed by atoms with Crippen LogP contribution in [0.5, 0.6) is 0 Å². The van der Waals surface area contributed by atoms with Crippen LogP contribution < -0.4 is 10.6 Å². The number of aliphatic hydroxyl groups is 1. The smallest absolute Gasteiger partial charge is 0.253 e. The van der Waals surface area contributed by atoms with Crippen LogP contribution in [0.15, 0.2) is 66.7 Å². The second-order valence-corrected chi connectivity index (χ2v) is 11.4. The van der Waals surface area contributed by atoms with E-state index >= 15 is 0 Å². The van der Waals surface area contributed by atoms with Crippen molar-refractivity contribution in [1.29, 1.82) is 0 Å². The third-order valence-electron chi connectivity index (χ3n) is 7.68. The monoisotopic (exact) mass is 552 g/mol. The van der Waals surface area contributed by atoms with Gasteiger partial charge in [-0.25, -0.2) is 0 Å². The van der Waals surface area contributed by atoms with Gasteiger partial charge in [0.05, 0.1) is 22.4 Å². The molecule has 3 aromatic rings. The molecule has 2 aliphatic heterocycles. The molecule has 3 aromatic carbocycles. The number of carbonyl (C=O) groups excluding carboxylic acids is 1. The van der Waals surface area contributed by atoms with E-state index in [0.29, 0.717) is 34.4 Å². The molecule has 1 amide bonds. The third kappa shape index (κ3) is 5.79. The fourth-order valence-electron chi connectivity index (χ4n) is 5.60. The number of β-amino-alcohol motifs (C(OH)–C–C–N with tert-alkyl or cyclic N) is 1. The standard InChI is InChI=1S/C30H34Cl2N4O2/c1-30(38,23-8-4-22(5-9-23)29(37)35-14-2-3-15-35)20-34-16-17-36(27-13-12-25(33)18-26(27)32)28(19-34)21-6-10-24(31)11-7-21/h4-13,18,28,38H,2-3,14-17,19-20,33H2,1H3/t28-,30+/m0/s1. The highest BCUT2D eigenvalue weighted by molar-refractivity contribution is 6.33. The maximum Gasteiger partial charge on any atom is 0.253 e. The summed E-state index contributed by atoms with van der Waals surface area (Å²) in [6.45, 7) is 6.12. The van der Waals surface area contributed by atoms with Crippen molar-refractivity contribution in [3.63, 3.8) is 0 Å². The number of nitrogen functional groups attached to an aromatic ring is 1. The van der Waals surface area contributed by atoms with Crippen LogP contribution in [-0.2, 0) is 5.60 Å². The minimum absolute atomic E-state index is 0.0124. The Morgan fingerprint density at radius 3 is 2.32 bits per heavy atom. The second kappa shape index (κ2) is 11.1. The molecule has 3 N–H and O–H groups in total. The molecule has 0 saturated carbocycles. The molecule has 6 nitrogen and oxygen atoms in total. The lowest BCUT2D eigenvalue weighted by molar-refractivity contribution is 0.0103. The van der Waals surface area contributed by atoms with Gasteiger partial charge >= 0.3 is 0 Å². The van der Waals surface area contributed by atoms with E-state index < -0.39 is 5.60 Å². The first-order valence-corrected chi connectivity index (χ1v) is 13.9. The highest BCUT2D eigenvalue weighted by Crippen LogP contribution is 2.37. The first-order valence-electron chi connectivity index (χ1n) is 13.1. The molecule has 2 heterocycles. The van der Waals surface area contributed by atoms with Gasteiger partial charge in [0.15, 0.2) is 0 Å². The quantitative estimate of drug-likeness (QED) is 0.390. The van der Waals surface area contributed by atoms with E-state index in [-0.39, 0.29) is 11.9 Å². The summed E-state index contributed by atoms with van der Waals surface area (Å²) < 4.78 is 0. The van der Waals surface area contributed by atoms with Crippen LogP contribution in [-0.4, -0.2) is 60.1 Å². The maximum atomic E-state index is 12.7. The minimum Gasteiger partial charge on any atom is -0.399 e. The highest BCUT2D eigenvalue weighted by atomic mass is 35.5. The number of piperazine rings is 1. The molecule has 0 radical (unpaired) electrons. The van der Waals surface area contributed by atoms with Gasteiger partial charge in [0.1, 0.15) is 0 Å².